The highest BCUT2D eigenvalue weighted by Gasteiger charge is 2.32. The molecule has 0 radical (unpaired) electrons. The van der Waals surface area contributed by atoms with Crippen LogP contribution in [0.2, 0.25) is 0 Å². The van der Waals surface area contributed by atoms with E-state index in [0.29, 0.717) is 0 Å². The van der Waals surface area contributed by atoms with E-state index in [0.717, 1.165) is 13.0 Å². The molecular formula is C8H15ClN2. The fraction of sp³-hybridized carbons (Fsp3) is 0.750. The van der Waals surface area contributed by atoms with Gasteiger partial charge in [-0.15, -0.1) is 0 Å². The molecule has 11 heavy (non-hydrogen) atoms. The first-order valence-electron chi connectivity index (χ1n) is 3.99. The predicted molar refractivity (Wildman–Crippen MR) is 47.9 cm³/mol. The van der Waals surface area contributed by atoms with E-state index >= 15 is 0 Å². The number of halogens is 1. The maximum Gasteiger partial charge on any atom is 0.121 e. The highest BCUT2D eigenvalue weighted by Crippen LogP contribution is 2.28. The van der Waals surface area contributed by atoms with Crippen LogP contribution in [0.15, 0.2) is 12.4 Å². The molecule has 0 aromatic heterocycles. The minimum atomic E-state index is -0.0580. The van der Waals surface area contributed by atoms with Gasteiger partial charge in [-0.3, -0.25) is 4.42 Å². The van der Waals surface area contributed by atoms with Crippen molar-refractivity contribution in [3.63, 3.8) is 0 Å². The Bertz CT molecular complexity index is 165. The van der Waals surface area contributed by atoms with Crippen molar-refractivity contribution in [3.05, 3.63) is 12.4 Å². The molecule has 0 unspecified atom stereocenters. The van der Waals surface area contributed by atoms with Gasteiger partial charge in [0.2, 0.25) is 0 Å². The summed E-state index contributed by atoms with van der Waals surface area (Å²) >= 11 is 5.94. The lowest BCUT2D eigenvalue weighted by Crippen LogP contribution is -2.44. The summed E-state index contributed by atoms with van der Waals surface area (Å²) in [6, 6.07) is 0. The zero-order chi connectivity index (χ0) is 8.48. The van der Waals surface area contributed by atoms with E-state index in [9.17, 15) is 0 Å². The van der Waals surface area contributed by atoms with Gasteiger partial charge in [-0.05, 0) is 20.3 Å². The fourth-order valence-electron chi connectivity index (χ4n) is 1.22. The second-order valence-electron chi connectivity index (χ2n) is 3.30. The lowest BCUT2D eigenvalue weighted by atomic mass is 10.2. The number of hydrogen-bond acceptors (Lipinski definition) is 2. The molecule has 2 nitrogen and oxygen atoms in total. The molecule has 0 amide bonds. The lowest BCUT2D eigenvalue weighted by molar-refractivity contribution is 0.122. The van der Waals surface area contributed by atoms with Crippen molar-refractivity contribution in [3.8, 4) is 0 Å². The van der Waals surface area contributed by atoms with Crippen molar-refractivity contribution in [1.29, 1.82) is 0 Å². The number of hydrogen-bond donors (Lipinski definition) is 0. The average Bonchev–Trinajstić information content (AvgIpc) is 2.16. The summed E-state index contributed by atoms with van der Waals surface area (Å²) in [5.41, 5.74) is -0.0580. The van der Waals surface area contributed by atoms with Crippen LogP contribution >= 0.6 is 11.8 Å². The monoisotopic (exact) mass is 174 g/mol. The Kier molecular flexibility index (Phi) is 2.33. The van der Waals surface area contributed by atoms with E-state index in [2.05, 4.69) is 25.7 Å². The first-order chi connectivity index (χ1) is 5.09. The molecule has 0 aliphatic carbocycles. The van der Waals surface area contributed by atoms with Crippen LogP contribution in [0.3, 0.4) is 0 Å². The van der Waals surface area contributed by atoms with Gasteiger partial charge >= 0.3 is 0 Å². The SMILES string of the molecule is CCCN1C=CN(Cl)C1(C)C. The first-order valence-corrected chi connectivity index (χ1v) is 4.33. The Morgan fingerprint density at radius 2 is 2.00 bits per heavy atom. The molecule has 0 saturated carbocycles. The minimum absolute atomic E-state index is 0.0580. The van der Waals surface area contributed by atoms with E-state index in [1.807, 2.05) is 12.4 Å². The average molecular weight is 175 g/mol. The molecular weight excluding hydrogens is 160 g/mol. The topological polar surface area (TPSA) is 6.48 Å². The second-order valence-corrected chi connectivity index (χ2v) is 3.66. The lowest BCUT2D eigenvalue weighted by Gasteiger charge is -2.36. The van der Waals surface area contributed by atoms with Gasteiger partial charge in [-0.2, -0.15) is 0 Å². The second kappa shape index (κ2) is 2.94. The van der Waals surface area contributed by atoms with Gasteiger partial charge < -0.3 is 4.90 Å². The van der Waals surface area contributed by atoms with Gasteiger partial charge in [-0.1, -0.05) is 6.92 Å². The summed E-state index contributed by atoms with van der Waals surface area (Å²) < 4.78 is 1.71. The molecule has 0 aromatic rings. The predicted octanol–water partition coefficient (Wildman–Crippen LogP) is 2.38. The summed E-state index contributed by atoms with van der Waals surface area (Å²) in [6.45, 7) is 7.44. The molecule has 1 rings (SSSR count). The van der Waals surface area contributed by atoms with Gasteiger partial charge in [0, 0.05) is 30.7 Å². The Morgan fingerprint density at radius 1 is 1.36 bits per heavy atom. The maximum atomic E-state index is 5.94. The van der Waals surface area contributed by atoms with Crippen LogP contribution in [-0.2, 0) is 0 Å². The first kappa shape index (κ1) is 8.72. The molecule has 0 bridgehead atoms. The molecule has 0 saturated heterocycles. The molecule has 64 valence electrons. The van der Waals surface area contributed by atoms with Gasteiger partial charge in [0.1, 0.15) is 5.66 Å². The van der Waals surface area contributed by atoms with Crippen LogP contribution in [-0.4, -0.2) is 21.5 Å². The molecule has 0 spiro atoms. The quantitative estimate of drug-likeness (QED) is 0.594. The van der Waals surface area contributed by atoms with Crippen molar-refractivity contribution in [2.75, 3.05) is 6.54 Å². The van der Waals surface area contributed by atoms with Crippen LogP contribution in [0.25, 0.3) is 0 Å². The summed E-state index contributed by atoms with van der Waals surface area (Å²) in [6.07, 6.45) is 5.09. The molecule has 1 aliphatic heterocycles. The van der Waals surface area contributed by atoms with Gasteiger partial charge in [0.15, 0.2) is 0 Å². The fourth-order valence-corrected chi connectivity index (χ4v) is 1.36. The van der Waals surface area contributed by atoms with Crippen molar-refractivity contribution >= 4 is 11.8 Å². The minimum Gasteiger partial charge on any atom is -0.353 e. The smallest absolute Gasteiger partial charge is 0.121 e. The van der Waals surface area contributed by atoms with Crippen LogP contribution < -0.4 is 0 Å². The number of rotatable bonds is 2. The molecule has 0 atom stereocenters. The molecule has 1 aliphatic rings. The standard InChI is InChI=1S/C8H15ClN2/c1-4-5-10-6-7-11(9)8(10,2)3/h6-7H,4-5H2,1-3H3. The van der Waals surface area contributed by atoms with E-state index in [4.69, 9.17) is 11.8 Å². The van der Waals surface area contributed by atoms with E-state index in [1.54, 1.807) is 4.42 Å². The van der Waals surface area contributed by atoms with Crippen LogP contribution in [0.5, 0.6) is 0 Å². The van der Waals surface area contributed by atoms with Crippen LogP contribution in [0, 0.1) is 0 Å². The molecule has 3 heteroatoms. The Balaban J connectivity index is 2.62. The Hall–Kier alpha value is -0.370. The van der Waals surface area contributed by atoms with Gasteiger partial charge in [0.05, 0.1) is 0 Å². The van der Waals surface area contributed by atoms with E-state index in [1.165, 1.54) is 0 Å². The Labute approximate surface area is 73.5 Å². The van der Waals surface area contributed by atoms with Gasteiger partial charge in [0.25, 0.3) is 0 Å². The summed E-state index contributed by atoms with van der Waals surface area (Å²) in [4.78, 5) is 2.24. The summed E-state index contributed by atoms with van der Waals surface area (Å²) in [7, 11) is 0. The highest BCUT2D eigenvalue weighted by molar-refractivity contribution is 6.14. The van der Waals surface area contributed by atoms with E-state index < -0.39 is 0 Å². The van der Waals surface area contributed by atoms with Crippen molar-refractivity contribution < 1.29 is 0 Å². The summed E-state index contributed by atoms with van der Waals surface area (Å²) in [5.74, 6) is 0. The third-order valence-corrected chi connectivity index (χ3v) is 2.59. The van der Waals surface area contributed by atoms with Crippen molar-refractivity contribution in [2.45, 2.75) is 32.9 Å². The molecule has 1 heterocycles. The summed E-state index contributed by atoms with van der Waals surface area (Å²) in [5, 5.41) is 0. The van der Waals surface area contributed by atoms with Crippen LogP contribution in [0.4, 0.5) is 0 Å². The maximum absolute atomic E-state index is 5.94. The Morgan fingerprint density at radius 3 is 2.36 bits per heavy atom. The van der Waals surface area contributed by atoms with E-state index in [-0.39, 0.29) is 5.66 Å². The third-order valence-electron chi connectivity index (χ3n) is 2.07. The largest absolute Gasteiger partial charge is 0.353 e. The van der Waals surface area contributed by atoms with Crippen molar-refractivity contribution in [1.82, 2.24) is 9.32 Å². The third kappa shape index (κ3) is 1.45. The zero-order valence-corrected chi connectivity index (χ0v) is 8.10. The normalized spacial score (nSPS) is 21.5. The number of nitrogens with zero attached hydrogens (tertiary/aromatic N) is 2. The molecule has 0 aromatic carbocycles. The van der Waals surface area contributed by atoms with Crippen molar-refractivity contribution in [2.24, 2.45) is 0 Å². The molecule has 0 N–H and O–H groups in total. The van der Waals surface area contributed by atoms with Crippen LogP contribution in [0.1, 0.15) is 27.2 Å². The highest BCUT2D eigenvalue weighted by atomic mass is 35.5. The zero-order valence-electron chi connectivity index (χ0n) is 7.34. The molecule has 0 fully saturated rings. The van der Waals surface area contributed by atoms with Gasteiger partial charge in [-0.25, -0.2) is 0 Å².